The second kappa shape index (κ2) is 5.02. The van der Waals surface area contributed by atoms with Gasteiger partial charge in [-0.2, -0.15) is 0 Å². The molecule has 2 aliphatic carbocycles. The van der Waals surface area contributed by atoms with Crippen LogP contribution in [-0.2, 0) is 0 Å². The van der Waals surface area contributed by atoms with E-state index in [0.29, 0.717) is 6.04 Å². The molecule has 18 heavy (non-hydrogen) atoms. The Morgan fingerprint density at radius 2 is 2.06 bits per heavy atom. The molecule has 3 rings (SSSR count). The van der Waals surface area contributed by atoms with Gasteiger partial charge in [-0.1, -0.05) is 29.8 Å². The zero-order chi connectivity index (χ0) is 12.5. The molecule has 0 amide bonds. The van der Waals surface area contributed by atoms with E-state index in [0.717, 1.165) is 18.5 Å². The second-order valence-electron chi connectivity index (χ2n) is 6.04. The monoisotopic (exact) mass is 244 g/mol. The van der Waals surface area contributed by atoms with E-state index in [1.54, 1.807) is 0 Å². The molecule has 0 heterocycles. The van der Waals surface area contributed by atoms with Gasteiger partial charge in [-0.05, 0) is 44.1 Å². The summed E-state index contributed by atoms with van der Waals surface area (Å²) in [7, 11) is 0. The summed E-state index contributed by atoms with van der Waals surface area (Å²) in [5.41, 5.74) is 8.82. The lowest BCUT2D eigenvalue weighted by atomic mass is 10.0. The highest BCUT2D eigenvalue weighted by atomic mass is 15.2. The number of benzene rings is 1. The molecule has 0 aliphatic heterocycles. The Morgan fingerprint density at radius 1 is 1.28 bits per heavy atom. The van der Waals surface area contributed by atoms with Crippen molar-refractivity contribution < 1.29 is 0 Å². The molecule has 0 saturated heterocycles. The van der Waals surface area contributed by atoms with Crippen LogP contribution in [0.5, 0.6) is 0 Å². The van der Waals surface area contributed by atoms with Gasteiger partial charge in [-0.25, -0.2) is 0 Å². The SMILES string of the molecule is Cc1cccc(C(CN)N(CC2CC2)C2CC2)c1. The number of nitrogens with two attached hydrogens (primary N) is 1. The van der Waals surface area contributed by atoms with Crippen LogP contribution in [0, 0.1) is 12.8 Å². The number of hydrogen-bond donors (Lipinski definition) is 1. The van der Waals surface area contributed by atoms with Crippen LogP contribution in [0.2, 0.25) is 0 Å². The van der Waals surface area contributed by atoms with Crippen molar-refractivity contribution in [2.24, 2.45) is 11.7 Å². The molecular formula is C16H24N2. The predicted octanol–water partition coefficient (Wildman–Crippen LogP) is 2.87. The van der Waals surface area contributed by atoms with Crippen molar-refractivity contribution in [1.82, 2.24) is 4.90 Å². The first-order chi connectivity index (χ1) is 8.78. The van der Waals surface area contributed by atoms with E-state index in [9.17, 15) is 0 Å². The average molecular weight is 244 g/mol. The van der Waals surface area contributed by atoms with Crippen molar-refractivity contribution >= 4 is 0 Å². The topological polar surface area (TPSA) is 29.3 Å². The molecular weight excluding hydrogens is 220 g/mol. The van der Waals surface area contributed by atoms with Crippen LogP contribution in [0.25, 0.3) is 0 Å². The van der Waals surface area contributed by atoms with Crippen molar-refractivity contribution in [3.63, 3.8) is 0 Å². The van der Waals surface area contributed by atoms with Crippen LogP contribution in [0.1, 0.15) is 42.9 Å². The molecule has 0 spiro atoms. The minimum absolute atomic E-state index is 0.429. The fraction of sp³-hybridized carbons (Fsp3) is 0.625. The minimum Gasteiger partial charge on any atom is -0.329 e. The van der Waals surface area contributed by atoms with Crippen LogP contribution >= 0.6 is 0 Å². The molecule has 2 N–H and O–H groups in total. The third-order valence-corrected chi connectivity index (χ3v) is 4.23. The summed E-state index contributed by atoms with van der Waals surface area (Å²) >= 11 is 0. The molecule has 0 aromatic heterocycles. The number of rotatable bonds is 6. The van der Waals surface area contributed by atoms with Gasteiger partial charge in [-0.3, -0.25) is 4.90 Å². The molecule has 1 atom stereocenters. The molecule has 2 saturated carbocycles. The highest BCUT2D eigenvalue weighted by Crippen LogP contribution is 2.39. The summed E-state index contributed by atoms with van der Waals surface area (Å²) in [5.74, 6) is 0.949. The average Bonchev–Trinajstić information content (AvgIpc) is 3.23. The summed E-state index contributed by atoms with van der Waals surface area (Å²) in [6.45, 7) is 4.17. The maximum atomic E-state index is 6.08. The highest BCUT2D eigenvalue weighted by molar-refractivity contribution is 5.26. The van der Waals surface area contributed by atoms with Gasteiger partial charge >= 0.3 is 0 Å². The normalized spacial score (nSPS) is 21.3. The van der Waals surface area contributed by atoms with E-state index < -0.39 is 0 Å². The van der Waals surface area contributed by atoms with Crippen LogP contribution in [-0.4, -0.2) is 24.0 Å². The summed E-state index contributed by atoms with van der Waals surface area (Å²) in [6, 6.07) is 10.1. The summed E-state index contributed by atoms with van der Waals surface area (Å²) < 4.78 is 0. The van der Waals surface area contributed by atoms with Gasteiger partial charge in [0.1, 0.15) is 0 Å². The van der Waals surface area contributed by atoms with E-state index in [1.807, 2.05) is 0 Å². The Labute approximate surface area is 110 Å². The number of hydrogen-bond acceptors (Lipinski definition) is 2. The van der Waals surface area contributed by atoms with E-state index in [1.165, 1.54) is 43.4 Å². The van der Waals surface area contributed by atoms with Crippen molar-refractivity contribution in [3.8, 4) is 0 Å². The van der Waals surface area contributed by atoms with Crippen molar-refractivity contribution in [3.05, 3.63) is 35.4 Å². The van der Waals surface area contributed by atoms with Gasteiger partial charge in [-0.15, -0.1) is 0 Å². The predicted molar refractivity (Wildman–Crippen MR) is 75.4 cm³/mol. The quantitative estimate of drug-likeness (QED) is 0.833. The lowest BCUT2D eigenvalue weighted by Gasteiger charge is -2.31. The summed E-state index contributed by atoms with van der Waals surface area (Å²) in [4.78, 5) is 2.69. The summed E-state index contributed by atoms with van der Waals surface area (Å²) in [6.07, 6.45) is 5.59. The molecule has 0 bridgehead atoms. The first kappa shape index (κ1) is 12.2. The fourth-order valence-electron chi connectivity index (χ4n) is 2.88. The Hall–Kier alpha value is -0.860. The van der Waals surface area contributed by atoms with E-state index in [4.69, 9.17) is 5.73 Å². The molecule has 2 nitrogen and oxygen atoms in total. The number of aryl methyl sites for hydroxylation is 1. The first-order valence-electron chi connectivity index (χ1n) is 7.30. The molecule has 2 heteroatoms. The standard InChI is InChI=1S/C16H24N2/c1-12-3-2-4-14(9-12)16(10-17)18(15-7-8-15)11-13-5-6-13/h2-4,9,13,15-16H,5-8,10-11,17H2,1H3. The van der Waals surface area contributed by atoms with Gasteiger partial charge in [0, 0.05) is 25.2 Å². The zero-order valence-electron chi connectivity index (χ0n) is 11.3. The maximum Gasteiger partial charge on any atom is 0.0473 e. The maximum absolute atomic E-state index is 6.08. The van der Waals surface area contributed by atoms with Crippen LogP contribution in [0.15, 0.2) is 24.3 Å². The lowest BCUT2D eigenvalue weighted by molar-refractivity contribution is 0.183. The van der Waals surface area contributed by atoms with Gasteiger partial charge in [0.05, 0.1) is 0 Å². The van der Waals surface area contributed by atoms with Gasteiger partial charge in [0.25, 0.3) is 0 Å². The van der Waals surface area contributed by atoms with Gasteiger partial charge < -0.3 is 5.73 Å². The Kier molecular flexibility index (Phi) is 3.40. The van der Waals surface area contributed by atoms with Crippen molar-refractivity contribution in [1.29, 1.82) is 0 Å². The van der Waals surface area contributed by atoms with Crippen molar-refractivity contribution in [2.45, 2.75) is 44.7 Å². The van der Waals surface area contributed by atoms with E-state index in [2.05, 4.69) is 36.1 Å². The third kappa shape index (κ3) is 2.76. The van der Waals surface area contributed by atoms with Gasteiger partial charge in [0.15, 0.2) is 0 Å². The number of nitrogens with zero attached hydrogens (tertiary/aromatic N) is 1. The minimum atomic E-state index is 0.429. The molecule has 1 unspecified atom stereocenters. The molecule has 2 fully saturated rings. The Morgan fingerprint density at radius 3 is 2.61 bits per heavy atom. The highest BCUT2D eigenvalue weighted by Gasteiger charge is 2.37. The van der Waals surface area contributed by atoms with Crippen molar-refractivity contribution in [2.75, 3.05) is 13.1 Å². The van der Waals surface area contributed by atoms with Crippen LogP contribution in [0.4, 0.5) is 0 Å². The summed E-state index contributed by atoms with van der Waals surface area (Å²) in [5, 5.41) is 0. The second-order valence-corrected chi connectivity index (χ2v) is 6.04. The molecule has 1 aromatic carbocycles. The Balaban J connectivity index is 1.79. The fourth-order valence-corrected chi connectivity index (χ4v) is 2.88. The molecule has 1 aromatic rings. The van der Waals surface area contributed by atoms with Crippen LogP contribution in [0.3, 0.4) is 0 Å². The Bertz CT molecular complexity index is 407. The molecule has 0 radical (unpaired) electrons. The molecule has 98 valence electrons. The van der Waals surface area contributed by atoms with E-state index in [-0.39, 0.29) is 0 Å². The van der Waals surface area contributed by atoms with Crippen LogP contribution < -0.4 is 5.73 Å². The van der Waals surface area contributed by atoms with E-state index >= 15 is 0 Å². The lowest BCUT2D eigenvalue weighted by Crippen LogP contribution is -2.37. The zero-order valence-corrected chi connectivity index (χ0v) is 11.3. The van der Waals surface area contributed by atoms with Gasteiger partial charge in [0.2, 0.25) is 0 Å². The smallest absolute Gasteiger partial charge is 0.0473 e. The third-order valence-electron chi connectivity index (χ3n) is 4.23. The molecule has 2 aliphatic rings. The first-order valence-corrected chi connectivity index (χ1v) is 7.30. The largest absolute Gasteiger partial charge is 0.329 e.